The number of aryl methyl sites for hydroxylation is 1. The van der Waals surface area contributed by atoms with E-state index in [1.165, 1.54) is 16.4 Å². The van der Waals surface area contributed by atoms with Crippen LogP contribution in [0.3, 0.4) is 0 Å². The molecule has 0 atom stereocenters. The summed E-state index contributed by atoms with van der Waals surface area (Å²) >= 11 is 0. The van der Waals surface area contributed by atoms with E-state index in [4.69, 9.17) is 9.47 Å². The van der Waals surface area contributed by atoms with Crippen LogP contribution < -0.4 is 0 Å². The first kappa shape index (κ1) is 19.3. The lowest BCUT2D eigenvalue weighted by Gasteiger charge is -2.26. The Labute approximate surface area is 157 Å². The van der Waals surface area contributed by atoms with Gasteiger partial charge in [0.05, 0.1) is 29.4 Å². The first-order valence-corrected chi connectivity index (χ1v) is 9.86. The largest absolute Gasteiger partial charge is 0.454 e. The number of benzene rings is 1. The number of nitrogens with one attached hydrogen (secondary N) is 1. The minimum atomic E-state index is -3.73. The molecule has 1 aliphatic heterocycles. The number of Topliss-reactive ketones (excluding diaryl/α,β-unsaturated/α-hetero) is 1. The molecule has 1 saturated heterocycles. The van der Waals surface area contributed by atoms with Crippen molar-refractivity contribution in [3.63, 3.8) is 0 Å². The van der Waals surface area contributed by atoms with Gasteiger partial charge in [-0.3, -0.25) is 4.79 Å². The van der Waals surface area contributed by atoms with Crippen molar-refractivity contribution < 1.29 is 27.5 Å². The molecule has 1 aliphatic rings. The van der Waals surface area contributed by atoms with Crippen molar-refractivity contribution in [1.82, 2.24) is 9.29 Å². The van der Waals surface area contributed by atoms with Gasteiger partial charge in [0.15, 0.2) is 6.61 Å². The van der Waals surface area contributed by atoms with E-state index in [2.05, 4.69) is 4.98 Å². The number of esters is 1. The number of hydrogen-bond acceptors (Lipinski definition) is 6. The van der Waals surface area contributed by atoms with Crippen LogP contribution in [0.1, 0.15) is 26.4 Å². The van der Waals surface area contributed by atoms with Gasteiger partial charge < -0.3 is 14.5 Å². The zero-order valence-electron chi connectivity index (χ0n) is 14.8. The minimum Gasteiger partial charge on any atom is -0.454 e. The molecule has 144 valence electrons. The number of nitrogens with zero attached hydrogens (tertiary/aromatic N) is 1. The molecule has 0 spiro atoms. The SMILES string of the molecule is Cc1ccc(S(=O)(=O)N2CCOCC2)cc1C(=O)OCC(=O)c1ccc[nH]1. The normalized spacial score (nSPS) is 15.4. The molecule has 0 aliphatic carbocycles. The number of hydrogen-bond donors (Lipinski definition) is 1. The highest BCUT2D eigenvalue weighted by molar-refractivity contribution is 7.89. The number of carbonyl (C=O) groups is 2. The molecular formula is C18H20N2O6S. The fourth-order valence-corrected chi connectivity index (χ4v) is 4.14. The first-order valence-electron chi connectivity index (χ1n) is 8.42. The molecular weight excluding hydrogens is 372 g/mol. The van der Waals surface area contributed by atoms with E-state index in [0.29, 0.717) is 24.5 Å². The lowest BCUT2D eigenvalue weighted by molar-refractivity contribution is 0.0472. The summed E-state index contributed by atoms with van der Waals surface area (Å²) in [5, 5.41) is 0. The molecule has 3 rings (SSSR count). The molecule has 8 nitrogen and oxygen atoms in total. The molecule has 0 unspecified atom stereocenters. The Morgan fingerprint density at radius 1 is 1.22 bits per heavy atom. The standard InChI is InChI=1S/C18H20N2O6S/c1-13-4-5-14(27(23,24)20-7-9-25-10-8-20)11-15(13)18(22)26-12-17(21)16-3-2-6-19-16/h2-6,11,19H,7-10,12H2,1H3. The highest BCUT2D eigenvalue weighted by Crippen LogP contribution is 2.21. The van der Waals surface area contributed by atoms with E-state index < -0.39 is 22.6 Å². The topological polar surface area (TPSA) is 106 Å². The lowest BCUT2D eigenvalue weighted by Crippen LogP contribution is -2.40. The van der Waals surface area contributed by atoms with Crippen LogP contribution in [-0.2, 0) is 19.5 Å². The first-order chi connectivity index (χ1) is 12.9. The Balaban J connectivity index is 1.76. The van der Waals surface area contributed by atoms with E-state index in [-0.39, 0.29) is 29.3 Å². The zero-order chi connectivity index (χ0) is 19.4. The van der Waals surface area contributed by atoms with Crippen molar-refractivity contribution in [2.45, 2.75) is 11.8 Å². The van der Waals surface area contributed by atoms with Crippen LogP contribution in [0.25, 0.3) is 0 Å². The number of aromatic amines is 1. The van der Waals surface area contributed by atoms with Gasteiger partial charge in [0.2, 0.25) is 15.8 Å². The number of ether oxygens (including phenoxy) is 2. The molecule has 0 amide bonds. The number of sulfonamides is 1. The van der Waals surface area contributed by atoms with Crippen molar-refractivity contribution in [2.75, 3.05) is 32.9 Å². The second-order valence-corrected chi connectivity index (χ2v) is 8.01. The van der Waals surface area contributed by atoms with Crippen LogP contribution in [0.15, 0.2) is 41.4 Å². The summed E-state index contributed by atoms with van der Waals surface area (Å²) in [6.45, 7) is 2.44. The number of aromatic nitrogens is 1. The summed E-state index contributed by atoms with van der Waals surface area (Å²) in [4.78, 5) is 27.1. The summed E-state index contributed by atoms with van der Waals surface area (Å²) in [5.41, 5.74) is 1.01. The zero-order valence-corrected chi connectivity index (χ0v) is 15.6. The second kappa shape index (κ2) is 8.03. The van der Waals surface area contributed by atoms with Gasteiger partial charge in [0, 0.05) is 19.3 Å². The Hall–Kier alpha value is -2.49. The third kappa shape index (κ3) is 4.26. The van der Waals surface area contributed by atoms with Crippen LogP contribution >= 0.6 is 0 Å². The van der Waals surface area contributed by atoms with Gasteiger partial charge in [-0.05, 0) is 36.8 Å². The number of rotatable bonds is 6. The average Bonchev–Trinajstić information content (AvgIpc) is 3.21. The highest BCUT2D eigenvalue weighted by Gasteiger charge is 2.27. The molecule has 1 aromatic carbocycles. The van der Waals surface area contributed by atoms with Gasteiger partial charge in [-0.15, -0.1) is 0 Å². The van der Waals surface area contributed by atoms with E-state index >= 15 is 0 Å². The van der Waals surface area contributed by atoms with Crippen molar-refractivity contribution in [1.29, 1.82) is 0 Å². The Bertz CT molecular complexity index is 931. The average molecular weight is 392 g/mol. The Kier molecular flexibility index (Phi) is 5.73. The number of ketones is 1. The van der Waals surface area contributed by atoms with E-state index in [0.717, 1.165) is 0 Å². The molecule has 1 N–H and O–H groups in total. The van der Waals surface area contributed by atoms with E-state index in [9.17, 15) is 18.0 Å². The predicted molar refractivity (Wildman–Crippen MR) is 96.2 cm³/mol. The monoisotopic (exact) mass is 392 g/mol. The van der Waals surface area contributed by atoms with Crippen molar-refractivity contribution in [3.05, 3.63) is 53.3 Å². The molecule has 2 heterocycles. The Morgan fingerprint density at radius 3 is 2.63 bits per heavy atom. The molecule has 1 aromatic heterocycles. The molecule has 0 radical (unpaired) electrons. The second-order valence-electron chi connectivity index (χ2n) is 6.08. The minimum absolute atomic E-state index is 0.0117. The summed E-state index contributed by atoms with van der Waals surface area (Å²) in [6, 6.07) is 7.55. The van der Waals surface area contributed by atoms with Crippen LogP contribution in [-0.4, -0.2) is 62.4 Å². The van der Waals surface area contributed by atoms with Crippen molar-refractivity contribution in [3.8, 4) is 0 Å². The number of carbonyl (C=O) groups excluding carboxylic acids is 2. The number of H-pyrrole nitrogens is 1. The highest BCUT2D eigenvalue weighted by atomic mass is 32.2. The van der Waals surface area contributed by atoms with Gasteiger partial charge >= 0.3 is 5.97 Å². The molecule has 9 heteroatoms. The maximum atomic E-state index is 12.8. The fraction of sp³-hybridized carbons (Fsp3) is 0.333. The maximum Gasteiger partial charge on any atom is 0.338 e. The fourth-order valence-electron chi connectivity index (χ4n) is 2.71. The smallest absolute Gasteiger partial charge is 0.338 e. The van der Waals surface area contributed by atoms with Crippen molar-refractivity contribution >= 4 is 21.8 Å². The third-order valence-electron chi connectivity index (χ3n) is 4.27. The van der Waals surface area contributed by atoms with Crippen molar-refractivity contribution in [2.24, 2.45) is 0 Å². The summed E-state index contributed by atoms with van der Waals surface area (Å²) in [6.07, 6.45) is 1.60. The molecule has 27 heavy (non-hydrogen) atoms. The molecule has 0 saturated carbocycles. The summed E-state index contributed by atoms with van der Waals surface area (Å²) in [5.74, 6) is -1.12. The molecule has 0 bridgehead atoms. The lowest BCUT2D eigenvalue weighted by atomic mass is 10.1. The van der Waals surface area contributed by atoms with Gasteiger partial charge in [-0.2, -0.15) is 4.31 Å². The molecule has 1 fully saturated rings. The summed E-state index contributed by atoms with van der Waals surface area (Å²) in [7, 11) is -3.73. The number of morpholine rings is 1. The van der Waals surface area contributed by atoms with Gasteiger partial charge in [-0.1, -0.05) is 6.07 Å². The maximum absolute atomic E-state index is 12.8. The van der Waals surface area contributed by atoms with E-state index in [1.807, 2.05) is 0 Å². The van der Waals surface area contributed by atoms with Crippen LogP contribution in [0.2, 0.25) is 0 Å². The quantitative estimate of drug-likeness (QED) is 0.588. The van der Waals surface area contributed by atoms with Gasteiger partial charge in [0.25, 0.3) is 0 Å². The van der Waals surface area contributed by atoms with Gasteiger partial charge in [0.1, 0.15) is 0 Å². The third-order valence-corrected chi connectivity index (χ3v) is 6.16. The molecule has 2 aromatic rings. The predicted octanol–water partition coefficient (Wildman–Crippen LogP) is 1.38. The van der Waals surface area contributed by atoms with E-state index in [1.54, 1.807) is 31.3 Å². The van der Waals surface area contributed by atoms with Crippen LogP contribution in [0.4, 0.5) is 0 Å². The van der Waals surface area contributed by atoms with Crippen LogP contribution in [0, 0.1) is 6.92 Å². The van der Waals surface area contributed by atoms with Crippen LogP contribution in [0.5, 0.6) is 0 Å². The van der Waals surface area contributed by atoms with Gasteiger partial charge in [-0.25, -0.2) is 13.2 Å². The Morgan fingerprint density at radius 2 is 1.96 bits per heavy atom. The summed E-state index contributed by atoms with van der Waals surface area (Å²) < 4.78 is 37.1.